The van der Waals surface area contributed by atoms with Crippen LogP contribution in [0.3, 0.4) is 0 Å². The lowest BCUT2D eigenvalue weighted by Gasteiger charge is -2.29. The van der Waals surface area contributed by atoms with Gasteiger partial charge < -0.3 is 14.5 Å². The van der Waals surface area contributed by atoms with Gasteiger partial charge in [0, 0.05) is 37.7 Å². The number of fused-ring (bicyclic) bond motifs is 1. The van der Waals surface area contributed by atoms with E-state index in [1.807, 2.05) is 12.1 Å². The SMILES string of the molecule is COc1ccc(N(C)c2ccc3c(c2)CCCN3C)cc1. The zero-order valence-corrected chi connectivity index (χ0v) is 13.0. The summed E-state index contributed by atoms with van der Waals surface area (Å²) in [6.07, 6.45) is 2.41. The van der Waals surface area contributed by atoms with Gasteiger partial charge in [0.05, 0.1) is 7.11 Å². The highest BCUT2D eigenvalue weighted by molar-refractivity contribution is 5.68. The summed E-state index contributed by atoms with van der Waals surface area (Å²) < 4.78 is 5.22. The van der Waals surface area contributed by atoms with Crippen LogP contribution in [0.25, 0.3) is 0 Å². The predicted molar refractivity (Wildman–Crippen MR) is 89.1 cm³/mol. The Hall–Kier alpha value is -2.16. The fraction of sp³-hybridized carbons (Fsp3) is 0.333. The van der Waals surface area contributed by atoms with E-state index in [2.05, 4.69) is 54.2 Å². The van der Waals surface area contributed by atoms with Gasteiger partial charge in [-0.25, -0.2) is 0 Å². The molecule has 2 aromatic carbocycles. The van der Waals surface area contributed by atoms with Gasteiger partial charge in [-0.05, 0) is 60.9 Å². The van der Waals surface area contributed by atoms with Gasteiger partial charge in [-0.3, -0.25) is 0 Å². The normalized spacial score (nSPS) is 13.8. The van der Waals surface area contributed by atoms with E-state index in [0.29, 0.717) is 0 Å². The average molecular weight is 282 g/mol. The van der Waals surface area contributed by atoms with Crippen LogP contribution in [0.15, 0.2) is 42.5 Å². The van der Waals surface area contributed by atoms with Crippen molar-refractivity contribution < 1.29 is 4.74 Å². The Balaban J connectivity index is 1.88. The van der Waals surface area contributed by atoms with E-state index < -0.39 is 0 Å². The standard InChI is InChI=1S/C18H22N2O/c1-19-12-4-5-14-13-16(8-11-18(14)19)20(2)15-6-9-17(21-3)10-7-15/h6-11,13H,4-5,12H2,1-3H3. The summed E-state index contributed by atoms with van der Waals surface area (Å²) in [4.78, 5) is 4.56. The van der Waals surface area contributed by atoms with Gasteiger partial charge in [0.25, 0.3) is 0 Å². The topological polar surface area (TPSA) is 15.7 Å². The molecule has 1 aliphatic rings. The number of nitrogens with zero attached hydrogens (tertiary/aromatic N) is 2. The predicted octanol–water partition coefficient (Wildman–Crippen LogP) is 3.85. The van der Waals surface area contributed by atoms with Crippen LogP contribution in [0.5, 0.6) is 5.75 Å². The number of hydrogen-bond acceptors (Lipinski definition) is 3. The van der Waals surface area contributed by atoms with Crippen LogP contribution in [-0.2, 0) is 6.42 Å². The maximum atomic E-state index is 5.22. The molecule has 0 amide bonds. The lowest BCUT2D eigenvalue weighted by Crippen LogP contribution is -2.24. The Morgan fingerprint density at radius 3 is 2.48 bits per heavy atom. The van der Waals surface area contributed by atoms with E-state index in [1.165, 1.54) is 35.5 Å². The minimum Gasteiger partial charge on any atom is -0.497 e. The molecule has 0 radical (unpaired) electrons. The molecule has 1 aliphatic heterocycles. The molecule has 110 valence electrons. The molecule has 0 aliphatic carbocycles. The third kappa shape index (κ3) is 2.68. The van der Waals surface area contributed by atoms with E-state index in [9.17, 15) is 0 Å². The maximum Gasteiger partial charge on any atom is 0.119 e. The van der Waals surface area contributed by atoms with E-state index in [-0.39, 0.29) is 0 Å². The van der Waals surface area contributed by atoms with Crippen molar-refractivity contribution in [1.29, 1.82) is 0 Å². The lowest BCUT2D eigenvalue weighted by molar-refractivity contribution is 0.415. The molecule has 0 N–H and O–H groups in total. The quantitative estimate of drug-likeness (QED) is 0.850. The highest BCUT2D eigenvalue weighted by Crippen LogP contribution is 2.32. The van der Waals surface area contributed by atoms with Crippen molar-refractivity contribution in [3.63, 3.8) is 0 Å². The molecule has 1 heterocycles. The Kier molecular flexibility index (Phi) is 3.74. The van der Waals surface area contributed by atoms with Gasteiger partial charge in [-0.15, -0.1) is 0 Å². The molecule has 3 rings (SSSR count). The number of anilines is 3. The van der Waals surface area contributed by atoms with Crippen LogP contribution in [0.1, 0.15) is 12.0 Å². The van der Waals surface area contributed by atoms with Gasteiger partial charge in [0.1, 0.15) is 5.75 Å². The molecule has 3 heteroatoms. The third-order valence-electron chi connectivity index (χ3n) is 4.26. The van der Waals surface area contributed by atoms with Crippen molar-refractivity contribution in [3.8, 4) is 5.75 Å². The summed E-state index contributed by atoms with van der Waals surface area (Å²) in [6, 6.07) is 14.9. The van der Waals surface area contributed by atoms with Crippen molar-refractivity contribution in [1.82, 2.24) is 0 Å². The monoisotopic (exact) mass is 282 g/mol. The van der Waals surface area contributed by atoms with Gasteiger partial charge in [-0.1, -0.05) is 0 Å². The molecule has 0 saturated carbocycles. The average Bonchev–Trinajstić information content (AvgIpc) is 2.54. The van der Waals surface area contributed by atoms with Crippen LogP contribution in [0.2, 0.25) is 0 Å². The van der Waals surface area contributed by atoms with Crippen molar-refractivity contribution in [2.75, 3.05) is 37.5 Å². The molecule has 0 aromatic heterocycles. The number of ether oxygens (including phenoxy) is 1. The van der Waals surface area contributed by atoms with Gasteiger partial charge in [-0.2, -0.15) is 0 Å². The molecular formula is C18H22N2O. The molecule has 21 heavy (non-hydrogen) atoms. The number of aryl methyl sites for hydroxylation is 1. The van der Waals surface area contributed by atoms with E-state index >= 15 is 0 Å². The highest BCUT2D eigenvalue weighted by Gasteiger charge is 2.15. The van der Waals surface area contributed by atoms with Crippen LogP contribution in [0.4, 0.5) is 17.1 Å². The Morgan fingerprint density at radius 2 is 1.76 bits per heavy atom. The number of hydrogen-bond donors (Lipinski definition) is 0. The number of rotatable bonds is 3. The largest absolute Gasteiger partial charge is 0.497 e. The molecule has 0 fully saturated rings. The number of methoxy groups -OCH3 is 1. The second kappa shape index (κ2) is 5.68. The Bertz CT molecular complexity index is 622. The molecule has 0 bridgehead atoms. The van der Waals surface area contributed by atoms with Crippen LogP contribution in [0, 0.1) is 0 Å². The molecule has 0 atom stereocenters. The fourth-order valence-electron chi connectivity index (χ4n) is 2.94. The Morgan fingerprint density at radius 1 is 1.05 bits per heavy atom. The van der Waals surface area contributed by atoms with Gasteiger partial charge in [0.2, 0.25) is 0 Å². The first-order valence-corrected chi connectivity index (χ1v) is 7.41. The number of benzene rings is 2. The van der Waals surface area contributed by atoms with Crippen LogP contribution in [-0.4, -0.2) is 27.7 Å². The van der Waals surface area contributed by atoms with Crippen molar-refractivity contribution in [2.45, 2.75) is 12.8 Å². The lowest BCUT2D eigenvalue weighted by atomic mass is 10.0. The fourth-order valence-corrected chi connectivity index (χ4v) is 2.94. The molecule has 3 nitrogen and oxygen atoms in total. The summed E-state index contributed by atoms with van der Waals surface area (Å²) in [6.45, 7) is 1.15. The van der Waals surface area contributed by atoms with E-state index in [1.54, 1.807) is 7.11 Å². The molecule has 0 saturated heterocycles. The second-order valence-corrected chi connectivity index (χ2v) is 5.60. The van der Waals surface area contributed by atoms with Crippen molar-refractivity contribution >= 4 is 17.1 Å². The zero-order chi connectivity index (χ0) is 14.8. The summed E-state index contributed by atoms with van der Waals surface area (Å²) >= 11 is 0. The minimum atomic E-state index is 0.888. The van der Waals surface area contributed by atoms with Gasteiger partial charge >= 0.3 is 0 Å². The Labute approximate surface area is 126 Å². The van der Waals surface area contributed by atoms with Crippen molar-refractivity contribution in [3.05, 3.63) is 48.0 Å². The summed E-state index contributed by atoms with van der Waals surface area (Å²) in [5.41, 5.74) is 5.21. The van der Waals surface area contributed by atoms with Crippen LogP contribution < -0.4 is 14.5 Å². The molecule has 2 aromatic rings. The third-order valence-corrected chi connectivity index (χ3v) is 4.26. The molecule has 0 unspecified atom stereocenters. The summed E-state index contributed by atoms with van der Waals surface area (Å²) in [7, 11) is 5.97. The van der Waals surface area contributed by atoms with E-state index in [0.717, 1.165) is 12.3 Å². The second-order valence-electron chi connectivity index (χ2n) is 5.60. The first-order chi connectivity index (χ1) is 10.2. The van der Waals surface area contributed by atoms with Crippen LogP contribution >= 0.6 is 0 Å². The van der Waals surface area contributed by atoms with E-state index in [4.69, 9.17) is 4.74 Å². The summed E-state index contributed by atoms with van der Waals surface area (Å²) in [5, 5.41) is 0. The smallest absolute Gasteiger partial charge is 0.119 e. The zero-order valence-electron chi connectivity index (χ0n) is 13.0. The highest BCUT2D eigenvalue weighted by atomic mass is 16.5. The summed E-state index contributed by atoms with van der Waals surface area (Å²) in [5.74, 6) is 0.888. The maximum absolute atomic E-state index is 5.22. The van der Waals surface area contributed by atoms with Gasteiger partial charge in [0.15, 0.2) is 0 Å². The van der Waals surface area contributed by atoms with Crippen molar-refractivity contribution in [2.24, 2.45) is 0 Å². The molecular weight excluding hydrogens is 260 g/mol. The minimum absolute atomic E-state index is 0.888. The first-order valence-electron chi connectivity index (χ1n) is 7.41. The first kappa shape index (κ1) is 13.8. The molecule has 0 spiro atoms.